The zero-order valence-electron chi connectivity index (χ0n) is 22.4. The van der Waals surface area contributed by atoms with Crippen molar-refractivity contribution in [3.63, 3.8) is 0 Å². The maximum atomic E-state index is 15.0. The van der Waals surface area contributed by atoms with E-state index in [1.54, 1.807) is 6.07 Å². The van der Waals surface area contributed by atoms with E-state index in [4.69, 9.17) is 0 Å². The summed E-state index contributed by atoms with van der Waals surface area (Å²) in [6.07, 6.45) is 2.31. The van der Waals surface area contributed by atoms with E-state index in [0.29, 0.717) is 17.1 Å². The van der Waals surface area contributed by atoms with Crippen molar-refractivity contribution in [2.75, 3.05) is 18.9 Å². The second kappa shape index (κ2) is 13.1. The van der Waals surface area contributed by atoms with Crippen LogP contribution in [0.3, 0.4) is 0 Å². The molecule has 0 unspecified atom stereocenters. The minimum absolute atomic E-state index is 0.140. The molecule has 1 saturated carbocycles. The van der Waals surface area contributed by atoms with Gasteiger partial charge in [-0.15, -0.1) is 0 Å². The second-order valence-corrected chi connectivity index (χ2v) is 9.99. The fraction of sp³-hybridized carbons (Fsp3) is 0.556. The predicted octanol–water partition coefficient (Wildman–Crippen LogP) is 4.87. The number of rotatable bonds is 9. The third-order valence-electron chi connectivity index (χ3n) is 7.10. The highest BCUT2D eigenvalue weighted by atomic mass is 19.4. The summed E-state index contributed by atoms with van der Waals surface area (Å²) in [6.45, 7) is 2.29. The molecule has 1 aromatic carbocycles. The van der Waals surface area contributed by atoms with Crippen LogP contribution in [-0.2, 0) is 16.1 Å². The molecule has 0 radical (unpaired) electrons. The van der Waals surface area contributed by atoms with Gasteiger partial charge < -0.3 is 15.5 Å². The normalized spacial score (nSPS) is 16.2. The van der Waals surface area contributed by atoms with Gasteiger partial charge in [0, 0.05) is 19.8 Å². The predicted molar refractivity (Wildman–Crippen MR) is 137 cm³/mol. The lowest BCUT2D eigenvalue weighted by molar-refractivity contribution is -0.159. The number of likely N-dealkylation sites (N-methyl/N-ethyl adjacent to an activating group) is 1. The van der Waals surface area contributed by atoms with Gasteiger partial charge in [0.2, 0.25) is 11.8 Å². The van der Waals surface area contributed by atoms with Gasteiger partial charge in [0.1, 0.15) is 24.1 Å². The Morgan fingerprint density at radius 1 is 1.13 bits per heavy atom. The Kier molecular flexibility index (Phi) is 10.1. The first-order valence-corrected chi connectivity index (χ1v) is 13.2. The van der Waals surface area contributed by atoms with Crippen molar-refractivity contribution < 1.29 is 31.9 Å². The zero-order valence-corrected chi connectivity index (χ0v) is 22.4. The van der Waals surface area contributed by atoms with E-state index in [0.717, 1.165) is 51.6 Å². The van der Waals surface area contributed by atoms with Crippen LogP contribution in [0.1, 0.15) is 74.3 Å². The highest BCUT2D eigenvalue weighted by Gasteiger charge is 2.34. The van der Waals surface area contributed by atoms with Crippen molar-refractivity contribution in [2.24, 2.45) is 5.92 Å². The summed E-state index contributed by atoms with van der Waals surface area (Å²) in [5.41, 5.74) is 0.332. The average Bonchev–Trinajstić information content (AvgIpc) is 3.20. The van der Waals surface area contributed by atoms with Gasteiger partial charge in [-0.05, 0) is 56.4 Å². The van der Waals surface area contributed by atoms with E-state index in [9.17, 15) is 27.6 Å². The number of nitrogens with one attached hydrogen (secondary N) is 2. The fourth-order valence-electron chi connectivity index (χ4n) is 4.97. The fourth-order valence-corrected chi connectivity index (χ4v) is 4.97. The molecule has 3 rings (SSSR count). The van der Waals surface area contributed by atoms with E-state index in [1.807, 2.05) is 6.92 Å². The molecule has 1 fully saturated rings. The molecule has 39 heavy (non-hydrogen) atoms. The number of benzene rings is 1. The lowest BCUT2D eigenvalue weighted by Gasteiger charge is -2.27. The van der Waals surface area contributed by atoms with Crippen molar-refractivity contribution >= 4 is 23.4 Å². The number of carbonyl (C=O) groups excluding carboxylic acids is 3. The smallest absolute Gasteiger partial charge is 0.339 e. The van der Waals surface area contributed by atoms with Crippen molar-refractivity contribution in [3.8, 4) is 0 Å². The molecule has 12 heteroatoms. The Labute approximate surface area is 225 Å². The van der Waals surface area contributed by atoms with Crippen LogP contribution in [0.4, 0.5) is 23.2 Å². The summed E-state index contributed by atoms with van der Waals surface area (Å²) < 4.78 is 54.6. The molecule has 1 heterocycles. The Morgan fingerprint density at radius 2 is 1.79 bits per heavy atom. The van der Waals surface area contributed by atoms with Crippen LogP contribution in [0.5, 0.6) is 0 Å². The average molecular weight is 554 g/mol. The number of alkyl halides is 3. The van der Waals surface area contributed by atoms with E-state index in [-0.39, 0.29) is 17.2 Å². The third kappa shape index (κ3) is 8.03. The largest absolute Gasteiger partial charge is 0.406 e. The highest BCUT2D eigenvalue weighted by Crippen LogP contribution is 2.28. The molecule has 0 aliphatic heterocycles. The van der Waals surface area contributed by atoms with Crippen LogP contribution in [-0.4, -0.2) is 58.2 Å². The van der Waals surface area contributed by atoms with Crippen molar-refractivity contribution in [3.05, 3.63) is 47.5 Å². The van der Waals surface area contributed by atoms with Crippen LogP contribution < -0.4 is 10.6 Å². The first-order valence-electron chi connectivity index (χ1n) is 13.2. The number of nitrogens with zero attached hydrogens (tertiary/aromatic N) is 3. The minimum Gasteiger partial charge on any atom is -0.339 e. The number of amides is 3. The quantitative estimate of drug-likeness (QED) is 0.342. The maximum Gasteiger partial charge on any atom is 0.406 e. The number of aromatic nitrogens is 2. The van der Waals surface area contributed by atoms with Gasteiger partial charge in [0.05, 0.1) is 11.6 Å². The molecule has 2 N–H and O–H groups in total. The topological polar surface area (TPSA) is 96.3 Å². The molecule has 2 atom stereocenters. The summed E-state index contributed by atoms with van der Waals surface area (Å²) >= 11 is 0. The minimum atomic E-state index is -4.55. The molecule has 0 bridgehead atoms. The molecule has 0 saturated heterocycles. The summed E-state index contributed by atoms with van der Waals surface area (Å²) in [5, 5.41) is 9.49. The van der Waals surface area contributed by atoms with Crippen LogP contribution in [0.2, 0.25) is 0 Å². The van der Waals surface area contributed by atoms with E-state index >= 15 is 4.39 Å². The molecular formula is C27H35F4N5O3. The van der Waals surface area contributed by atoms with Crippen LogP contribution in [0.15, 0.2) is 30.5 Å². The van der Waals surface area contributed by atoms with Crippen molar-refractivity contribution in [1.29, 1.82) is 0 Å². The van der Waals surface area contributed by atoms with Crippen LogP contribution >= 0.6 is 0 Å². The van der Waals surface area contributed by atoms with E-state index in [1.165, 1.54) is 29.9 Å². The van der Waals surface area contributed by atoms with Gasteiger partial charge in [0.15, 0.2) is 0 Å². The standard InChI is InChI=1S/C27H35F4N5O3/c1-4-36-22(13-14-32-36)24(37)34-23(18-9-7-5-6-8-10-18)25(38)33-21-12-11-19(15-20(21)28)17(2)26(39)35(3)16-27(29,30)31/h11-15,17-18,23H,4-10,16H2,1-3H3,(H,33,38)(H,34,37)/t17-,23+/m1/s1. The Balaban J connectivity index is 1.77. The molecular weight excluding hydrogens is 518 g/mol. The van der Waals surface area contributed by atoms with Crippen molar-refractivity contribution in [1.82, 2.24) is 20.0 Å². The summed E-state index contributed by atoms with van der Waals surface area (Å²) in [7, 11) is 1.03. The summed E-state index contributed by atoms with van der Waals surface area (Å²) in [5.74, 6) is -3.85. The number of hydrogen-bond acceptors (Lipinski definition) is 4. The Hall–Kier alpha value is -3.44. The zero-order chi connectivity index (χ0) is 28.7. The molecule has 3 amide bonds. The molecule has 1 aliphatic carbocycles. The molecule has 2 aromatic rings. The van der Waals surface area contributed by atoms with E-state index in [2.05, 4.69) is 15.7 Å². The number of hydrogen-bond donors (Lipinski definition) is 2. The molecule has 214 valence electrons. The monoisotopic (exact) mass is 553 g/mol. The molecule has 0 spiro atoms. The van der Waals surface area contributed by atoms with Gasteiger partial charge in [-0.3, -0.25) is 19.1 Å². The lowest BCUT2D eigenvalue weighted by atomic mass is 9.90. The third-order valence-corrected chi connectivity index (χ3v) is 7.10. The molecule has 1 aromatic heterocycles. The van der Waals surface area contributed by atoms with Crippen LogP contribution in [0.25, 0.3) is 0 Å². The van der Waals surface area contributed by atoms with E-state index < -0.39 is 48.2 Å². The lowest BCUT2D eigenvalue weighted by Crippen LogP contribution is -2.49. The number of anilines is 1. The number of aryl methyl sites for hydroxylation is 1. The van der Waals surface area contributed by atoms with Crippen molar-refractivity contribution in [2.45, 2.75) is 77.1 Å². The Bertz CT molecular complexity index is 1160. The highest BCUT2D eigenvalue weighted by molar-refractivity contribution is 6.00. The second-order valence-electron chi connectivity index (χ2n) is 9.99. The number of carbonyl (C=O) groups is 3. The first kappa shape index (κ1) is 30.1. The first-order chi connectivity index (χ1) is 18.4. The summed E-state index contributed by atoms with van der Waals surface area (Å²) in [6, 6.07) is 4.34. The molecule has 1 aliphatic rings. The molecule has 8 nitrogen and oxygen atoms in total. The summed E-state index contributed by atoms with van der Waals surface area (Å²) in [4.78, 5) is 39.4. The van der Waals surface area contributed by atoms with Gasteiger partial charge in [-0.25, -0.2) is 4.39 Å². The van der Waals surface area contributed by atoms with Gasteiger partial charge in [-0.2, -0.15) is 18.3 Å². The van der Waals surface area contributed by atoms with Gasteiger partial charge in [-0.1, -0.05) is 31.7 Å². The SMILES string of the molecule is CCn1nccc1C(=O)N[C@H](C(=O)Nc1ccc([C@@H](C)C(=O)N(C)CC(F)(F)F)cc1F)C1CCCCCC1. The van der Waals surface area contributed by atoms with Gasteiger partial charge in [0.25, 0.3) is 5.91 Å². The Morgan fingerprint density at radius 3 is 2.38 bits per heavy atom. The van der Waals surface area contributed by atoms with Gasteiger partial charge >= 0.3 is 6.18 Å². The van der Waals surface area contributed by atoms with Crippen LogP contribution in [0, 0.1) is 11.7 Å². The number of halogens is 4. The maximum absolute atomic E-state index is 15.0.